The van der Waals surface area contributed by atoms with Crippen LogP contribution in [0.2, 0.25) is 5.02 Å². The van der Waals surface area contributed by atoms with Crippen molar-refractivity contribution in [1.29, 1.82) is 0 Å². The number of nitrogens with two attached hydrogens (primary N) is 1. The van der Waals surface area contributed by atoms with Crippen molar-refractivity contribution in [3.05, 3.63) is 22.7 Å². The SMILES string of the molecule is COc1cc([C@H](N)C(C)(C)C)cc(Cl)c1O.Cl. The van der Waals surface area contributed by atoms with Gasteiger partial charge in [-0.05, 0) is 23.1 Å². The molecule has 3 nitrogen and oxygen atoms in total. The zero-order chi connectivity index (χ0) is 12.5. The highest BCUT2D eigenvalue weighted by Crippen LogP contribution is 2.39. The number of rotatable bonds is 2. The summed E-state index contributed by atoms with van der Waals surface area (Å²) in [7, 11) is 1.48. The zero-order valence-corrected chi connectivity index (χ0v) is 12.0. The Bertz CT molecular complexity index is 389. The molecule has 0 spiro atoms. The molecule has 0 aromatic heterocycles. The maximum atomic E-state index is 9.61. The highest BCUT2D eigenvalue weighted by Gasteiger charge is 2.24. The summed E-state index contributed by atoms with van der Waals surface area (Å²) in [4.78, 5) is 0. The van der Waals surface area contributed by atoms with Gasteiger partial charge in [-0.25, -0.2) is 0 Å². The van der Waals surface area contributed by atoms with Gasteiger partial charge in [0.2, 0.25) is 0 Å². The fraction of sp³-hybridized carbons (Fsp3) is 0.500. The summed E-state index contributed by atoms with van der Waals surface area (Å²) in [6, 6.07) is 3.23. The summed E-state index contributed by atoms with van der Waals surface area (Å²) in [5, 5.41) is 9.87. The van der Waals surface area contributed by atoms with E-state index >= 15 is 0 Å². The van der Waals surface area contributed by atoms with Gasteiger partial charge in [0.1, 0.15) is 0 Å². The van der Waals surface area contributed by atoms with Crippen molar-refractivity contribution in [2.45, 2.75) is 26.8 Å². The van der Waals surface area contributed by atoms with Gasteiger partial charge >= 0.3 is 0 Å². The van der Waals surface area contributed by atoms with Gasteiger partial charge in [0.25, 0.3) is 0 Å². The molecule has 1 aromatic carbocycles. The van der Waals surface area contributed by atoms with Crippen molar-refractivity contribution in [2.24, 2.45) is 11.1 Å². The van der Waals surface area contributed by atoms with E-state index in [0.29, 0.717) is 5.75 Å². The van der Waals surface area contributed by atoms with E-state index in [1.807, 2.05) is 20.8 Å². The zero-order valence-electron chi connectivity index (χ0n) is 10.5. The first kappa shape index (κ1) is 16.4. The summed E-state index contributed by atoms with van der Waals surface area (Å²) in [5.41, 5.74) is 6.89. The maximum Gasteiger partial charge on any atom is 0.176 e. The summed E-state index contributed by atoms with van der Waals surface area (Å²) >= 11 is 5.91. The standard InChI is InChI=1S/C12H18ClNO2.ClH/c1-12(2,3)11(14)7-5-8(13)10(15)9(6-7)16-4;/h5-6,11,15H,14H2,1-4H3;1H/t11-;/m0./s1. The highest BCUT2D eigenvalue weighted by molar-refractivity contribution is 6.32. The molecule has 1 atom stereocenters. The van der Waals surface area contributed by atoms with E-state index < -0.39 is 0 Å². The monoisotopic (exact) mass is 279 g/mol. The van der Waals surface area contributed by atoms with Crippen LogP contribution in [0.5, 0.6) is 11.5 Å². The number of benzene rings is 1. The van der Waals surface area contributed by atoms with Gasteiger partial charge in [-0.2, -0.15) is 0 Å². The number of phenolic OH excluding ortho intramolecular Hbond substituents is 1. The summed E-state index contributed by atoms with van der Waals surface area (Å²) in [6.45, 7) is 6.14. The van der Waals surface area contributed by atoms with Gasteiger partial charge in [-0.3, -0.25) is 0 Å². The minimum atomic E-state index is -0.167. The van der Waals surface area contributed by atoms with Crippen molar-refractivity contribution < 1.29 is 9.84 Å². The van der Waals surface area contributed by atoms with Crippen LogP contribution >= 0.6 is 24.0 Å². The molecule has 0 fully saturated rings. The quantitative estimate of drug-likeness (QED) is 0.871. The molecule has 0 aliphatic carbocycles. The van der Waals surface area contributed by atoms with Crippen molar-refractivity contribution in [2.75, 3.05) is 7.11 Å². The van der Waals surface area contributed by atoms with Gasteiger partial charge in [0, 0.05) is 6.04 Å². The van der Waals surface area contributed by atoms with E-state index in [1.54, 1.807) is 12.1 Å². The van der Waals surface area contributed by atoms with Crippen molar-refractivity contribution in [3.63, 3.8) is 0 Å². The van der Waals surface area contributed by atoms with Crippen molar-refractivity contribution in [1.82, 2.24) is 0 Å². The molecule has 0 saturated heterocycles. The van der Waals surface area contributed by atoms with Crippen LogP contribution in [0.4, 0.5) is 0 Å². The lowest BCUT2D eigenvalue weighted by atomic mass is 9.83. The number of aromatic hydroxyl groups is 1. The van der Waals surface area contributed by atoms with E-state index in [2.05, 4.69) is 0 Å². The van der Waals surface area contributed by atoms with Crippen LogP contribution < -0.4 is 10.5 Å². The van der Waals surface area contributed by atoms with Crippen LogP contribution in [0.25, 0.3) is 0 Å². The Morgan fingerprint density at radius 3 is 2.29 bits per heavy atom. The minimum Gasteiger partial charge on any atom is -0.503 e. The number of hydrogen-bond acceptors (Lipinski definition) is 3. The molecule has 0 aliphatic heterocycles. The molecule has 0 bridgehead atoms. The Balaban J connectivity index is 0.00000256. The maximum absolute atomic E-state index is 9.61. The Hall–Kier alpha value is -0.640. The van der Waals surface area contributed by atoms with Crippen LogP contribution in [-0.4, -0.2) is 12.2 Å². The second-order valence-electron chi connectivity index (χ2n) is 4.90. The normalized spacial score (nSPS) is 12.8. The predicted octanol–water partition coefficient (Wildman–Crippen LogP) is 3.52. The molecule has 0 amide bonds. The van der Waals surface area contributed by atoms with Crippen LogP contribution in [-0.2, 0) is 0 Å². The first-order valence-corrected chi connectivity index (χ1v) is 5.47. The fourth-order valence-electron chi connectivity index (χ4n) is 1.43. The molecular weight excluding hydrogens is 261 g/mol. The first-order chi connectivity index (χ1) is 7.27. The lowest BCUT2D eigenvalue weighted by molar-refractivity contribution is 0.324. The predicted molar refractivity (Wildman–Crippen MR) is 73.3 cm³/mol. The van der Waals surface area contributed by atoms with E-state index in [-0.39, 0.29) is 34.6 Å². The Morgan fingerprint density at radius 2 is 1.88 bits per heavy atom. The third-order valence-corrected chi connectivity index (χ3v) is 2.85. The number of phenols is 1. The van der Waals surface area contributed by atoms with Gasteiger partial charge in [-0.15, -0.1) is 12.4 Å². The van der Waals surface area contributed by atoms with Gasteiger partial charge in [0.15, 0.2) is 11.5 Å². The molecule has 0 aliphatic rings. The number of ether oxygens (including phenoxy) is 1. The third-order valence-electron chi connectivity index (χ3n) is 2.56. The molecule has 98 valence electrons. The number of halogens is 2. The molecule has 1 aromatic rings. The summed E-state index contributed by atoms with van der Waals surface area (Å²) < 4.78 is 5.04. The summed E-state index contributed by atoms with van der Waals surface area (Å²) in [6.07, 6.45) is 0. The molecule has 1 rings (SSSR count). The molecule has 5 heteroatoms. The Kier molecular flexibility index (Phi) is 5.59. The van der Waals surface area contributed by atoms with Crippen LogP contribution in [0.1, 0.15) is 32.4 Å². The average molecular weight is 280 g/mol. The van der Waals surface area contributed by atoms with Gasteiger partial charge < -0.3 is 15.6 Å². The van der Waals surface area contributed by atoms with Crippen molar-refractivity contribution >= 4 is 24.0 Å². The van der Waals surface area contributed by atoms with Crippen LogP contribution in [0.15, 0.2) is 12.1 Å². The molecule has 3 N–H and O–H groups in total. The van der Waals surface area contributed by atoms with E-state index in [9.17, 15) is 5.11 Å². The lowest BCUT2D eigenvalue weighted by Crippen LogP contribution is -2.26. The number of methoxy groups -OCH3 is 1. The van der Waals surface area contributed by atoms with Crippen LogP contribution in [0.3, 0.4) is 0 Å². The molecule has 0 unspecified atom stereocenters. The van der Waals surface area contributed by atoms with Gasteiger partial charge in [-0.1, -0.05) is 32.4 Å². The van der Waals surface area contributed by atoms with Crippen LogP contribution in [0, 0.1) is 5.41 Å². The van der Waals surface area contributed by atoms with E-state index in [0.717, 1.165) is 5.56 Å². The smallest absolute Gasteiger partial charge is 0.176 e. The average Bonchev–Trinajstić information content (AvgIpc) is 2.19. The van der Waals surface area contributed by atoms with Gasteiger partial charge in [0.05, 0.1) is 12.1 Å². The summed E-state index contributed by atoms with van der Waals surface area (Å²) in [5.74, 6) is 0.302. The second kappa shape index (κ2) is 5.80. The largest absolute Gasteiger partial charge is 0.503 e. The molecule has 0 saturated carbocycles. The topological polar surface area (TPSA) is 55.5 Å². The lowest BCUT2D eigenvalue weighted by Gasteiger charge is -2.28. The molecular formula is C12H19Cl2NO2. The molecule has 0 radical (unpaired) electrons. The first-order valence-electron chi connectivity index (χ1n) is 5.09. The molecule has 17 heavy (non-hydrogen) atoms. The van der Waals surface area contributed by atoms with E-state index in [1.165, 1.54) is 7.11 Å². The Morgan fingerprint density at radius 1 is 1.35 bits per heavy atom. The van der Waals surface area contributed by atoms with E-state index in [4.69, 9.17) is 22.1 Å². The highest BCUT2D eigenvalue weighted by atomic mass is 35.5. The molecule has 0 heterocycles. The fourth-order valence-corrected chi connectivity index (χ4v) is 1.65. The second-order valence-corrected chi connectivity index (χ2v) is 5.30. The number of hydrogen-bond donors (Lipinski definition) is 2. The van der Waals surface area contributed by atoms with Crippen molar-refractivity contribution in [3.8, 4) is 11.5 Å². The minimum absolute atomic E-state index is 0. The third kappa shape index (κ3) is 3.66. The Labute approximate surface area is 113 Å².